The highest BCUT2D eigenvalue weighted by molar-refractivity contribution is 7.90. The van der Waals surface area contributed by atoms with E-state index in [1.54, 1.807) is 24.3 Å². The maximum atomic E-state index is 11.1. The van der Waals surface area contributed by atoms with Crippen LogP contribution in [0.5, 0.6) is 0 Å². The molecule has 0 unspecified atom stereocenters. The second kappa shape index (κ2) is 4.08. The molecule has 0 saturated carbocycles. The van der Waals surface area contributed by atoms with Crippen LogP contribution in [0.4, 0.5) is 0 Å². The Morgan fingerprint density at radius 1 is 1.29 bits per heavy atom. The normalized spacial score (nSPS) is 13.9. The van der Waals surface area contributed by atoms with Gasteiger partial charge in [0.15, 0.2) is 9.84 Å². The smallest absolute Gasteiger partial charge is 0.175 e. The second-order valence-electron chi connectivity index (χ2n) is 3.18. The molecular weight excluding hydrogens is 200 g/mol. The van der Waals surface area contributed by atoms with Crippen LogP contribution in [-0.4, -0.2) is 21.2 Å². The van der Waals surface area contributed by atoms with Crippen molar-refractivity contribution in [2.24, 2.45) is 11.5 Å². The van der Waals surface area contributed by atoms with Crippen LogP contribution in [0.2, 0.25) is 0 Å². The lowest BCUT2D eigenvalue weighted by Gasteiger charge is -2.08. The van der Waals surface area contributed by atoms with Gasteiger partial charge in [-0.05, 0) is 17.7 Å². The SMILES string of the molecule is CS(=O)(=O)c1ccc([C@H](N)CN)cc1. The van der Waals surface area contributed by atoms with Crippen molar-refractivity contribution in [1.82, 2.24) is 0 Å². The average Bonchev–Trinajstić information content (AvgIpc) is 2.15. The molecule has 0 heterocycles. The van der Waals surface area contributed by atoms with Crippen molar-refractivity contribution < 1.29 is 8.42 Å². The molecule has 0 aromatic heterocycles. The van der Waals surface area contributed by atoms with E-state index in [1.807, 2.05) is 0 Å². The summed E-state index contributed by atoms with van der Waals surface area (Å²) in [5.41, 5.74) is 11.9. The molecule has 0 fully saturated rings. The Kier molecular flexibility index (Phi) is 3.25. The van der Waals surface area contributed by atoms with Crippen molar-refractivity contribution in [2.75, 3.05) is 12.8 Å². The molecule has 4 N–H and O–H groups in total. The number of hydrogen-bond donors (Lipinski definition) is 2. The highest BCUT2D eigenvalue weighted by atomic mass is 32.2. The van der Waals surface area contributed by atoms with Crippen LogP contribution < -0.4 is 11.5 Å². The lowest BCUT2D eigenvalue weighted by Crippen LogP contribution is -2.20. The maximum absolute atomic E-state index is 11.1. The van der Waals surface area contributed by atoms with E-state index in [0.29, 0.717) is 11.4 Å². The third kappa shape index (κ3) is 2.54. The van der Waals surface area contributed by atoms with Crippen LogP contribution in [0.3, 0.4) is 0 Å². The number of rotatable bonds is 3. The van der Waals surface area contributed by atoms with Crippen molar-refractivity contribution in [3.63, 3.8) is 0 Å². The maximum Gasteiger partial charge on any atom is 0.175 e. The third-order valence-electron chi connectivity index (χ3n) is 1.99. The highest BCUT2D eigenvalue weighted by Gasteiger charge is 2.08. The van der Waals surface area contributed by atoms with Crippen LogP contribution in [0.25, 0.3) is 0 Å². The van der Waals surface area contributed by atoms with Crippen molar-refractivity contribution in [3.05, 3.63) is 29.8 Å². The second-order valence-corrected chi connectivity index (χ2v) is 5.20. The van der Waals surface area contributed by atoms with Crippen LogP contribution >= 0.6 is 0 Å². The molecule has 1 aromatic carbocycles. The van der Waals surface area contributed by atoms with Crippen molar-refractivity contribution >= 4 is 9.84 Å². The molecule has 1 rings (SSSR count). The zero-order chi connectivity index (χ0) is 10.8. The lowest BCUT2D eigenvalue weighted by molar-refractivity contribution is 0.601. The van der Waals surface area contributed by atoms with E-state index >= 15 is 0 Å². The summed E-state index contributed by atoms with van der Waals surface area (Å²) in [6.07, 6.45) is 1.17. The van der Waals surface area contributed by atoms with Gasteiger partial charge in [0.2, 0.25) is 0 Å². The van der Waals surface area contributed by atoms with E-state index in [-0.39, 0.29) is 6.04 Å². The molecule has 0 bridgehead atoms. The van der Waals surface area contributed by atoms with E-state index in [9.17, 15) is 8.42 Å². The molecule has 5 heteroatoms. The minimum atomic E-state index is -3.12. The summed E-state index contributed by atoms with van der Waals surface area (Å²) in [5.74, 6) is 0. The average molecular weight is 214 g/mol. The highest BCUT2D eigenvalue weighted by Crippen LogP contribution is 2.13. The zero-order valence-electron chi connectivity index (χ0n) is 7.97. The molecule has 0 radical (unpaired) electrons. The van der Waals surface area contributed by atoms with Gasteiger partial charge in [-0.15, -0.1) is 0 Å². The molecule has 1 aromatic rings. The Bertz CT molecular complexity index is 397. The monoisotopic (exact) mass is 214 g/mol. The van der Waals surface area contributed by atoms with Gasteiger partial charge in [0.05, 0.1) is 4.90 Å². The first-order chi connectivity index (χ1) is 6.45. The van der Waals surface area contributed by atoms with E-state index in [4.69, 9.17) is 11.5 Å². The summed E-state index contributed by atoms with van der Waals surface area (Å²) in [4.78, 5) is 0.297. The van der Waals surface area contributed by atoms with Crippen molar-refractivity contribution in [1.29, 1.82) is 0 Å². The van der Waals surface area contributed by atoms with E-state index in [2.05, 4.69) is 0 Å². The predicted octanol–water partition coefficient (Wildman–Crippen LogP) is 0.0486. The fourth-order valence-electron chi connectivity index (χ4n) is 1.10. The molecule has 1 atom stereocenters. The third-order valence-corrected chi connectivity index (χ3v) is 3.12. The molecule has 0 aliphatic heterocycles. The Morgan fingerprint density at radius 2 is 1.79 bits per heavy atom. The first kappa shape index (κ1) is 11.2. The van der Waals surface area contributed by atoms with Crippen LogP contribution in [0.1, 0.15) is 11.6 Å². The van der Waals surface area contributed by atoms with Crippen LogP contribution in [0, 0.1) is 0 Å². The number of benzene rings is 1. The Balaban J connectivity index is 3.01. The summed E-state index contributed by atoms with van der Waals surface area (Å²) < 4.78 is 22.3. The molecule has 0 saturated heterocycles. The van der Waals surface area contributed by atoms with Gasteiger partial charge in [-0.1, -0.05) is 12.1 Å². The van der Waals surface area contributed by atoms with Crippen molar-refractivity contribution in [2.45, 2.75) is 10.9 Å². The number of hydrogen-bond acceptors (Lipinski definition) is 4. The molecule has 0 spiro atoms. The summed E-state index contributed by atoms with van der Waals surface area (Å²) in [5, 5.41) is 0. The predicted molar refractivity (Wildman–Crippen MR) is 55.5 cm³/mol. The van der Waals surface area contributed by atoms with E-state index in [1.165, 1.54) is 6.26 Å². The number of sulfone groups is 1. The Hall–Kier alpha value is -0.910. The Morgan fingerprint density at radius 3 is 2.14 bits per heavy atom. The minimum absolute atomic E-state index is 0.233. The van der Waals surface area contributed by atoms with Gasteiger partial charge in [0.1, 0.15) is 0 Å². The van der Waals surface area contributed by atoms with Gasteiger partial charge in [0.25, 0.3) is 0 Å². The summed E-state index contributed by atoms with van der Waals surface area (Å²) in [6.45, 7) is 0.345. The fraction of sp³-hybridized carbons (Fsp3) is 0.333. The van der Waals surface area contributed by atoms with Crippen molar-refractivity contribution in [3.8, 4) is 0 Å². The topological polar surface area (TPSA) is 86.2 Å². The quantitative estimate of drug-likeness (QED) is 0.744. The van der Waals surface area contributed by atoms with E-state index < -0.39 is 9.84 Å². The first-order valence-electron chi connectivity index (χ1n) is 4.21. The van der Waals surface area contributed by atoms with Gasteiger partial charge in [-0.2, -0.15) is 0 Å². The number of nitrogens with two attached hydrogens (primary N) is 2. The standard InChI is InChI=1S/C9H14N2O2S/c1-14(12,13)8-4-2-7(3-5-8)9(11)6-10/h2-5,9H,6,10-11H2,1H3/t9-/m1/s1. The van der Waals surface area contributed by atoms with Crippen LogP contribution in [0.15, 0.2) is 29.2 Å². The molecular formula is C9H14N2O2S. The van der Waals surface area contributed by atoms with Gasteiger partial charge in [-0.3, -0.25) is 0 Å². The lowest BCUT2D eigenvalue weighted by atomic mass is 10.1. The van der Waals surface area contributed by atoms with Gasteiger partial charge in [0, 0.05) is 18.8 Å². The fourth-order valence-corrected chi connectivity index (χ4v) is 1.73. The molecule has 78 valence electrons. The van der Waals surface area contributed by atoms with E-state index in [0.717, 1.165) is 5.56 Å². The first-order valence-corrected chi connectivity index (χ1v) is 6.10. The summed E-state index contributed by atoms with van der Waals surface area (Å²) in [6, 6.07) is 6.23. The van der Waals surface area contributed by atoms with Crippen LogP contribution in [-0.2, 0) is 9.84 Å². The molecule has 0 amide bonds. The molecule has 0 aliphatic carbocycles. The largest absolute Gasteiger partial charge is 0.329 e. The van der Waals surface area contributed by atoms with Gasteiger partial charge in [-0.25, -0.2) is 8.42 Å². The Labute approximate surface area is 83.8 Å². The summed E-state index contributed by atoms with van der Waals surface area (Å²) in [7, 11) is -3.12. The molecule has 0 aliphatic rings. The zero-order valence-corrected chi connectivity index (χ0v) is 8.79. The van der Waals surface area contributed by atoms with Gasteiger partial charge < -0.3 is 11.5 Å². The molecule has 4 nitrogen and oxygen atoms in total. The van der Waals surface area contributed by atoms with Gasteiger partial charge >= 0.3 is 0 Å². The summed E-state index contributed by atoms with van der Waals surface area (Å²) >= 11 is 0. The molecule has 14 heavy (non-hydrogen) atoms. The minimum Gasteiger partial charge on any atom is -0.329 e.